The summed E-state index contributed by atoms with van der Waals surface area (Å²) >= 11 is 1.49. The van der Waals surface area contributed by atoms with Crippen molar-refractivity contribution in [1.29, 1.82) is 0 Å². The minimum absolute atomic E-state index is 0.110. The molecule has 0 radical (unpaired) electrons. The van der Waals surface area contributed by atoms with Gasteiger partial charge in [-0.05, 0) is 42.3 Å². The van der Waals surface area contributed by atoms with E-state index in [4.69, 9.17) is 0 Å². The van der Waals surface area contributed by atoms with Crippen LogP contribution in [0, 0.1) is 12.7 Å². The van der Waals surface area contributed by atoms with Crippen molar-refractivity contribution >= 4 is 33.1 Å². The summed E-state index contributed by atoms with van der Waals surface area (Å²) in [6, 6.07) is 15.4. The van der Waals surface area contributed by atoms with E-state index in [1.54, 1.807) is 0 Å². The van der Waals surface area contributed by atoms with Crippen LogP contribution in [0.2, 0.25) is 0 Å². The highest BCUT2D eigenvalue weighted by molar-refractivity contribution is 7.22. The fourth-order valence-corrected chi connectivity index (χ4v) is 4.31. The van der Waals surface area contributed by atoms with Gasteiger partial charge in [-0.1, -0.05) is 30.3 Å². The van der Waals surface area contributed by atoms with Gasteiger partial charge in [0, 0.05) is 23.5 Å². The van der Waals surface area contributed by atoms with Crippen LogP contribution in [0.15, 0.2) is 65.7 Å². The fourth-order valence-electron chi connectivity index (χ4n) is 3.16. The Balaban J connectivity index is 1.55. The highest BCUT2D eigenvalue weighted by Crippen LogP contribution is 2.35. The monoisotopic (exact) mass is 407 g/mol. The lowest BCUT2D eigenvalue weighted by Crippen LogP contribution is -2.23. The van der Waals surface area contributed by atoms with Gasteiger partial charge in [-0.25, -0.2) is 9.37 Å². The normalized spacial score (nSPS) is 11.0. The van der Waals surface area contributed by atoms with Crippen molar-refractivity contribution in [2.24, 2.45) is 0 Å². The van der Waals surface area contributed by atoms with Gasteiger partial charge in [0.25, 0.3) is 5.56 Å². The second-order valence-electron chi connectivity index (χ2n) is 6.65. The summed E-state index contributed by atoms with van der Waals surface area (Å²) in [6.07, 6.45) is 1.60. The molecule has 29 heavy (non-hydrogen) atoms. The van der Waals surface area contributed by atoms with Crippen LogP contribution in [0.1, 0.15) is 12.0 Å². The third-order valence-corrected chi connectivity index (χ3v) is 5.91. The Labute approximate surface area is 170 Å². The number of anilines is 1. The molecule has 4 aromatic rings. The zero-order chi connectivity index (χ0) is 20.4. The number of amides is 1. The smallest absolute Gasteiger partial charge is 0.262 e. The fraction of sp³-hybridized carbons (Fsp3) is 0.136. The van der Waals surface area contributed by atoms with Crippen molar-refractivity contribution in [2.45, 2.75) is 19.9 Å². The summed E-state index contributed by atoms with van der Waals surface area (Å²) in [5.41, 5.74) is 2.32. The highest BCUT2D eigenvalue weighted by Gasteiger charge is 2.16. The van der Waals surface area contributed by atoms with Gasteiger partial charge < -0.3 is 5.32 Å². The minimum Gasteiger partial charge on any atom is -0.326 e. The van der Waals surface area contributed by atoms with E-state index < -0.39 is 0 Å². The van der Waals surface area contributed by atoms with E-state index in [0.29, 0.717) is 15.9 Å². The predicted octanol–water partition coefficient (Wildman–Crippen LogP) is 4.60. The maximum atomic E-state index is 13.0. The molecule has 2 aromatic carbocycles. The number of carbonyl (C=O) groups excluding carboxylic acids is 1. The molecule has 0 aliphatic heterocycles. The van der Waals surface area contributed by atoms with Crippen LogP contribution < -0.4 is 10.9 Å². The van der Waals surface area contributed by atoms with Crippen molar-refractivity contribution in [3.8, 4) is 10.4 Å². The summed E-state index contributed by atoms with van der Waals surface area (Å²) in [5.74, 6) is -0.620. The van der Waals surface area contributed by atoms with Crippen LogP contribution in [-0.4, -0.2) is 15.5 Å². The lowest BCUT2D eigenvalue weighted by molar-refractivity contribution is -0.116. The molecule has 1 N–H and O–H groups in total. The van der Waals surface area contributed by atoms with E-state index in [1.165, 1.54) is 46.5 Å². The number of carbonyl (C=O) groups is 1. The first-order chi connectivity index (χ1) is 14.0. The molecule has 0 fully saturated rings. The van der Waals surface area contributed by atoms with Gasteiger partial charge in [0.1, 0.15) is 10.6 Å². The number of halogens is 1. The number of hydrogen-bond donors (Lipinski definition) is 1. The van der Waals surface area contributed by atoms with Crippen molar-refractivity contribution in [3.05, 3.63) is 82.7 Å². The van der Waals surface area contributed by atoms with E-state index in [1.807, 2.05) is 37.3 Å². The van der Waals surface area contributed by atoms with Crippen LogP contribution in [0.25, 0.3) is 20.7 Å². The molecule has 4 rings (SSSR count). The number of hydrogen-bond acceptors (Lipinski definition) is 4. The summed E-state index contributed by atoms with van der Waals surface area (Å²) < 4.78 is 14.4. The summed E-state index contributed by atoms with van der Waals surface area (Å²) in [7, 11) is 0. The molecule has 0 unspecified atom stereocenters. The van der Waals surface area contributed by atoms with Crippen LogP contribution >= 0.6 is 11.3 Å². The first-order valence-corrected chi connectivity index (χ1v) is 9.94. The van der Waals surface area contributed by atoms with E-state index in [0.717, 1.165) is 16.0 Å². The molecule has 0 spiro atoms. The van der Waals surface area contributed by atoms with Crippen LogP contribution in [0.5, 0.6) is 0 Å². The highest BCUT2D eigenvalue weighted by atomic mass is 32.1. The van der Waals surface area contributed by atoms with Gasteiger partial charge in [-0.3, -0.25) is 14.2 Å². The third-order valence-electron chi connectivity index (χ3n) is 4.66. The standard InChI is InChI=1S/C22H18FN3O2S/c1-14-19-21(29-20(14)15-5-3-2-4-6-15)24-13-26(22(19)28)12-11-18(27)25-17-9-7-16(23)8-10-17/h2-10,13H,11-12H2,1H3,(H,25,27). The molecule has 0 saturated heterocycles. The molecule has 1 amide bonds. The number of aryl methyl sites for hydroxylation is 2. The minimum atomic E-state index is -0.366. The van der Waals surface area contributed by atoms with Gasteiger partial charge in [0.05, 0.1) is 11.7 Å². The third kappa shape index (κ3) is 3.95. The van der Waals surface area contributed by atoms with E-state index in [9.17, 15) is 14.0 Å². The zero-order valence-corrected chi connectivity index (χ0v) is 16.5. The van der Waals surface area contributed by atoms with Crippen molar-refractivity contribution in [2.75, 3.05) is 5.32 Å². The SMILES string of the molecule is Cc1c(-c2ccccc2)sc2ncn(CCC(=O)Nc3ccc(F)cc3)c(=O)c12. The zero-order valence-electron chi connectivity index (χ0n) is 15.7. The number of rotatable bonds is 5. The summed E-state index contributed by atoms with van der Waals surface area (Å²) in [5, 5.41) is 3.29. The van der Waals surface area contributed by atoms with Gasteiger partial charge in [0.15, 0.2) is 0 Å². The van der Waals surface area contributed by atoms with Crippen LogP contribution in [0.3, 0.4) is 0 Å². The molecule has 2 heterocycles. The summed E-state index contributed by atoms with van der Waals surface area (Å²) in [6.45, 7) is 2.14. The molecule has 0 saturated carbocycles. The summed E-state index contributed by atoms with van der Waals surface area (Å²) in [4.78, 5) is 31.3. The first-order valence-electron chi connectivity index (χ1n) is 9.12. The molecule has 0 aliphatic rings. The number of aromatic nitrogens is 2. The maximum absolute atomic E-state index is 13.0. The molecular formula is C22H18FN3O2S. The van der Waals surface area contributed by atoms with Gasteiger partial charge in [0.2, 0.25) is 5.91 Å². The number of benzene rings is 2. The quantitative estimate of drug-likeness (QED) is 0.526. The molecule has 0 aliphatic carbocycles. The molecule has 146 valence electrons. The second-order valence-corrected chi connectivity index (χ2v) is 7.65. The first kappa shape index (κ1) is 19.0. The molecule has 0 bridgehead atoms. The lowest BCUT2D eigenvalue weighted by Gasteiger charge is -2.07. The van der Waals surface area contributed by atoms with E-state index in [2.05, 4.69) is 10.3 Å². The van der Waals surface area contributed by atoms with E-state index >= 15 is 0 Å². The largest absolute Gasteiger partial charge is 0.326 e. The maximum Gasteiger partial charge on any atom is 0.262 e. The molecule has 0 atom stereocenters. The van der Waals surface area contributed by atoms with Crippen LogP contribution in [0.4, 0.5) is 10.1 Å². The second kappa shape index (κ2) is 7.97. The number of nitrogens with zero attached hydrogens (tertiary/aromatic N) is 2. The van der Waals surface area contributed by atoms with Crippen molar-refractivity contribution in [3.63, 3.8) is 0 Å². The van der Waals surface area contributed by atoms with Crippen LogP contribution in [-0.2, 0) is 11.3 Å². The van der Waals surface area contributed by atoms with Gasteiger partial charge >= 0.3 is 0 Å². The number of nitrogens with one attached hydrogen (secondary N) is 1. The molecule has 2 aromatic heterocycles. The van der Waals surface area contributed by atoms with Crippen molar-refractivity contribution in [1.82, 2.24) is 9.55 Å². The Morgan fingerprint density at radius 3 is 2.59 bits per heavy atom. The van der Waals surface area contributed by atoms with Gasteiger partial charge in [-0.2, -0.15) is 0 Å². The molecule has 5 nitrogen and oxygen atoms in total. The number of thiophene rings is 1. The lowest BCUT2D eigenvalue weighted by atomic mass is 10.1. The average molecular weight is 407 g/mol. The number of fused-ring (bicyclic) bond motifs is 1. The topological polar surface area (TPSA) is 64.0 Å². The van der Waals surface area contributed by atoms with E-state index in [-0.39, 0.29) is 30.2 Å². The Bertz CT molecular complexity index is 1230. The van der Waals surface area contributed by atoms with Gasteiger partial charge in [-0.15, -0.1) is 11.3 Å². The molecular weight excluding hydrogens is 389 g/mol. The Morgan fingerprint density at radius 2 is 1.86 bits per heavy atom. The molecule has 7 heteroatoms. The Hall–Kier alpha value is -3.32. The Kier molecular flexibility index (Phi) is 5.22. The predicted molar refractivity (Wildman–Crippen MR) is 114 cm³/mol. The Morgan fingerprint density at radius 1 is 1.14 bits per heavy atom. The van der Waals surface area contributed by atoms with Crippen molar-refractivity contribution < 1.29 is 9.18 Å². The average Bonchev–Trinajstić information content (AvgIpc) is 3.07.